The lowest BCUT2D eigenvalue weighted by molar-refractivity contribution is -0.383. The lowest BCUT2D eigenvalue weighted by Crippen LogP contribution is -2.23. The Morgan fingerprint density at radius 2 is 2.26 bits per heavy atom. The van der Waals surface area contributed by atoms with Crippen LogP contribution in [0.25, 0.3) is 0 Å². The van der Waals surface area contributed by atoms with E-state index in [1.807, 2.05) is 0 Å². The number of nitro benzene ring substituents is 1. The first-order valence-electron chi connectivity index (χ1n) is 5.51. The number of nitrogens with two attached hydrogens (primary N) is 1. The molecule has 3 N–H and O–H groups in total. The molecule has 1 aliphatic rings. The Hall–Kier alpha value is -2.64. The number of fused-ring (bicyclic) bond motifs is 1. The maximum Gasteiger partial charge on any atom is 0.323 e. The van der Waals surface area contributed by atoms with E-state index >= 15 is 0 Å². The summed E-state index contributed by atoms with van der Waals surface area (Å²) in [6.45, 7) is 1.76. The van der Waals surface area contributed by atoms with Crippen molar-refractivity contribution in [2.75, 3.05) is 17.7 Å². The van der Waals surface area contributed by atoms with E-state index in [4.69, 9.17) is 10.5 Å². The summed E-state index contributed by atoms with van der Waals surface area (Å²) in [6, 6.07) is 2.40. The van der Waals surface area contributed by atoms with Gasteiger partial charge in [0.05, 0.1) is 17.2 Å². The number of esters is 1. The number of nitrogens with one attached hydrogen (secondary N) is 1. The van der Waals surface area contributed by atoms with Crippen molar-refractivity contribution in [1.82, 2.24) is 0 Å². The summed E-state index contributed by atoms with van der Waals surface area (Å²) < 4.78 is 4.80. The topological polar surface area (TPSA) is 125 Å². The quantitative estimate of drug-likeness (QED) is 0.273. The molecule has 1 aromatic carbocycles. The highest BCUT2D eigenvalue weighted by molar-refractivity contribution is 6.15. The van der Waals surface area contributed by atoms with Crippen molar-refractivity contribution in [2.24, 2.45) is 0 Å². The third-order valence-corrected chi connectivity index (χ3v) is 2.75. The number of nitro groups is 1. The summed E-state index contributed by atoms with van der Waals surface area (Å²) in [7, 11) is 0. The summed E-state index contributed by atoms with van der Waals surface area (Å²) >= 11 is 0. The van der Waals surface area contributed by atoms with Crippen LogP contribution in [0.3, 0.4) is 0 Å². The van der Waals surface area contributed by atoms with Crippen LogP contribution in [0, 0.1) is 10.1 Å². The molecule has 0 saturated heterocycles. The van der Waals surface area contributed by atoms with E-state index < -0.39 is 22.7 Å². The zero-order valence-electron chi connectivity index (χ0n) is 10.0. The van der Waals surface area contributed by atoms with Gasteiger partial charge in [0.2, 0.25) is 5.91 Å². The van der Waals surface area contributed by atoms with Crippen LogP contribution in [0.15, 0.2) is 12.1 Å². The molecule has 0 aromatic heterocycles. The normalized spacial score (nSPS) is 16.7. The molecule has 0 fully saturated rings. The standard InChI is InChI=1S/C11H11N3O5/c1-2-19-11(16)9-5-3-6(12)8(14(17)18)4-7(5)13-10(9)15/h3-4,9H,2,12H2,1H3,(H,13,15). The molecule has 0 bridgehead atoms. The van der Waals surface area contributed by atoms with E-state index in [9.17, 15) is 19.7 Å². The van der Waals surface area contributed by atoms with Crippen molar-refractivity contribution in [3.63, 3.8) is 0 Å². The molecule has 0 spiro atoms. The van der Waals surface area contributed by atoms with Crippen LogP contribution in [0.5, 0.6) is 0 Å². The summed E-state index contributed by atoms with van der Waals surface area (Å²) in [6.07, 6.45) is 0. The second-order valence-corrected chi connectivity index (χ2v) is 3.93. The minimum absolute atomic E-state index is 0.102. The fourth-order valence-electron chi connectivity index (χ4n) is 1.93. The maximum atomic E-state index is 11.7. The van der Waals surface area contributed by atoms with Gasteiger partial charge in [-0.3, -0.25) is 19.7 Å². The summed E-state index contributed by atoms with van der Waals surface area (Å²) in [5.41, 5.74) is 5.63. The number of anilines is 2. The number of carbonyl (C=O) groups is 2. The molecule has 8 nitrogen and oxygen atoms in total. The molecule has 8 heteroatoms. The lowest BCUT2D eigenvalue weighted by atomic mass is 10.00. The highest BCUT2D eigenvalue weighted by atomic mass is 16.6. The van der Waals surface area contributed by atoms with E-state index in [0.717, 1.165) is 6.07 Å². The summed E-state index contributed by atoms with van der Waals surface area (Å²) in [5, 5.41) is 13.2. The van der Waals surface area contributed by atoms with Crippen molar-refractivity contribution in [3.05, 3.63) is 27.8 Å². The third-order valence-electron chi connectivity index (χ3n) is 2.75. The van der Waals surface area contributed by atoms with Crippen LogP contribution >= 0.6 is 0 Å². The number of hydrogen-bond donors (Lipinski definition) is 2. The largest absolute Gasteiger partial charge is 0.465 e. The average molecular weight is 265 g/mol. The molecule has 0 saturated carbocycles. The van der Waals surface area contributed by atoms with Crippen molar-refractivity contribution < 1.29 is 19.2 Å². The number of carbonyl (C=O) groups excluding carboxylic acids is 2. The SMILES string of the molecule is CCOC(=O)C1C(=O)Nc2cc([N+](=O)[O-])c(N)cc21. The Bertz CT molecular complexity index is 584. The summed E-state index contributed by atoms with van der Waals surface area (Å²) in [5.74, 6) is -2.40. The molecule has 0 radical (unpaired) electrons. The van der Waals surface area contributed by atoms with Gasteiger partial charge >= 0.3 is 5.97 Å². The maximum absolute atomic E-state index is 11.7. The van der Waals surface area contributed by atoms with Crippen LogP contribution in [-0.2, 0) is 14.3 Å². The molecule has 1 aromatic rings. The number of hydrogen-bond acceptors (Lipinski definition) is 6. The fourth-order valence-corrected chi connectivity index (χ4v) is 1.93. The van der Waals surface area contributed by atoms with Crippen molar-refractivity contribution in [1.29, 1.82) is 0 Å². The molecule has 1 heterocycles. The van der Waals surface area contributed by atoms with Crippen molar-refractivity contribution in [3.8, 4) is 0 Å². The molecule has 1 aliphatic heterocycles. The predicted molar refractivity (Wildman–Crippen MR) is 65.5 cm³/mol. The van der Waals surface area contributed by atoms with Crippen LogP contribution in [0.1, 0.15) is 18.4 Å². The Morgan fingerprint density at radius 3 is 2.84 bits per heavy atom. The van der Waals surface area contributed by atoms with E-state index in [-0.39, 0.29) is 23.7 Å². The Kier molecular flexibility index (Phi) is 3.07. The Labute approximate surface area is 107 Å². The molecule has 1 unspecified atom stereocenters. The lowest BCUT2D eigenvalue weighted by Gasteiger charge is -2.08. The van der Waals surface area contributed by atoms with E-state index in [0.29, 0.717) is 5.56 Å². The smallest absolute Gasteiger partial charge is 0.323 e. The van der Waals surface area contributed by atoms with Gasteiger partial charge in [0.15, 0.2) is 5.92 Å². The van der Waals surface area contributed by atoms with Gasteiger partial charge in [-0.25, -0.2) is 0 Å². The van der Waals surface area contributed by atoms with Crippen LogP contribution in [0.4, 0.5) is 17.1 Å². The number of rotatable bonds is 3. The van der Waals surface area contributed by atoms with E-state index in [2.05, 4.69) is 5.32 Å². The average Bonchev–Trinajstić information content (AvgIpc) is 2.63. The third kappa shape index (κ3) is 2.07. The molecular weight excluding hydrogens is 254 g/mol. The Balaban J connectivity index is 2.47. The van der Waals surface area contributed by atoms with Gasteiger partial charge in [-0.1, -0.05) is 0 Å². The first-order chi connectivity index (χ1) is 8.95. The van der Waals surface area contributed by atoms with Gasteiger partial charge in [0.1, 0.15) is 5.69 Å². The number of amides is 1. The number of nitrogen functional groups attached to an aromatic ring is 1. The molecule has 1 atom stereocenters. The minimum Gasteiger partial charge on any atom is -0.465 e. The van der Waals surface area contributed by atoms with Gasteiger partial charge < -0.3 is 15.8 Å². The summed E-state index contributed by atoms with van der Waals surface area (Å²) in [4.78, 5) is 33.5. The van der Waals surface area contributed by atoms with Crippen LogP contribution in [-0.4, -0.2) is 23.4 Å². The van der Waals surface area contributed by atoms with Crippen LogP contribution < -0.4 is 11.1 Å². The van der Waals surface area contributed by atoms with Crippen molar-refractivity contribution >= 4 is 28.9 Å². The van der Waals surface area contributed by atoms with Gasteiger partial charge in [-0.15, -0.1) is 0 Å². The molecular formula is C11H11N3O5. The van der Waals surface area contributed by atoms with Gasteiger partial charge in [-0.05, 0) is 13.0 Å². The molecule has 19 heavy (non-hydrogen) atoms. The zero-order valence-corrected chi connectivity index (χ0v) is 10.0. The van der Waals surface area contributed by atoms with Gasteiger partial charge in [-0.2, -0.15) is 0 Å². The van der Waals surface area contributed by atoms with E-state index in [1.165, 1.54) is 6.07 Å². The highest BCUT2D eigenvalue weighted by Gasteiger charge is 2.39. The molecule has 1 amide bonds. The fraction of sp³-hybridized carbons (Fsp3) is 0.273. The number of benzene rings is 1. The second-order valence-electron chi connectivity index (χ2n) is 3.93. The Morgan fingerprint density at radius 1 is 1.58 bits per heavy atom. The monoisotopic (exact) mass is 265 g/mol. The molecule has 2 rings (SSSR count). The first kappa shape index (κ1) is 12.8. The molecule has 0 aliphatic carbocycles. The van der Waals surface area contributed by atoms with Gasteiger partial charge in [0.25, 0.3) is 5.69 Å². The number of nitrogens with zero attached hydrogens (tertiary/aromatic N) is 1. The highest BCUT2D eigenvalue weighted by Crippen LogP contribution is 2.38. The minimum atomic E-state index is -1.13. The van der Waals surface area contributed by atoms with E-state index in [1.54, 1.807) is 6.92 Å². The zero-order chi connectivity index (χ0) is 14.2. The first-order valence-corrected chi connectivity index (χ1v) is 5.51. The second kappa shape index (κ2) is 4.56. The van der Waals surface area contributed by atoms with Crippen LogP contribution in [0.2, 0.25) is 0 Å². The number of ether oxygens (including phenoxy) is 1. The van der Waals surface area contributed by atoms with Gasteiger partial charge in [0, 0.05) is 11.6 Å². The molecule has 100 valence electrons. The predicted octanol–water partition coefficient (Wildman–Crippen LogP) is 0.776. The van der Waals surface area contributed by atoms with Crippen molar-refractivity contribution in [2.45, 2.75) is 12.8 Å².